The summed E-state index contributed by atoms with van der Waals surface area (Å²) in [5.74, 6) is 0.724. The summed E-state index contributed by atoms with van der Waals surface area (Å²) in [6.07, 6.45) is 0.736. The first-order chi connectivity index (χ1) is 9.70. The molecule has 2 aromatic carbocycles. The number of aryl methyl sites for hydroxylation is 1. The molecular formula is C16H15ClN2O. The number of benzene rings is 2. The molecule has 0 saturated heterocycles. The number of oxazole rings is 1. The van der Waals surface area contributed by atoms with E-state index in [0.717, 1.165) is 35.6 Å². The first-order valence-corrected chi connectivity index (χ1v) is 6.94. The van der Waals surface area contributed by atoms with Gasteiger partial charge in [-0.15, -0.1) is 0 Å². The lowest BCUT2D eigenvalue weighted by molar-refractivity contribution is 0.534. The highest BCUT2D eigenvalue weighted by Crippen LogP contribution is 2.20. The van der Waals surface area contributed by atoms with Gasteiger partial charge in [0.15, 0.2) is 11.5 Å². The molecule has 20 heavy (non-hydrogen) atoms. The summed E-state index contributed by atoms with van der Waals surface area (Å²) in [6, 6.07) is 13.8. The molecule has 0 unspecified atom stereocenters. The van der Waals surface area contributed by atoms with E-state index < -0.39 is 0 Å². The van der Waals surface area contributed by atoms with E-state index in [4.69, 9.17) is 16.0 Å². The van der Waals surface area contributed by atoms with Gasteiger partial charge in [-0.3, -0.25) is 0 Å². The molecule has 3 aromatic rings. The van der Waals surface area contributed by atoms with Gasteiger partial charge in [-0.1, -0.05) is 29.3 Å². The Kier molecular flexibility index (Phi) is 3.61. The standard InChI is InChI=1S/C16H15ClN2O/c1-11-2-5-13(6-3-11)18-9-8-16-19-14-7-4-12(17)10-15(14)20-16/h2-7,10,18H,8-9H2,1H3. The van der Waals surface area contributed by atoms with E-state index in [9.17, 15) is 0 Å². The second-order valence-electron chi connectivity index (χ2n) is 4.76. The van der Waals surface area contributed by atoms with Crippen molar-refractivity contribution in [2.75, 3.05) is 11.9 Å². The maximum Gasteiger partial charge on any atom is 0.197 e. The van der Waals surface area contributed by atoms with Gasteiger partial charge in [-0.05, 0) is 31.2 Å². The third-order valence-electron chi connectivity index (χ3n) is 3.11. The fraction of sp³-hybridized carbons (Fsp3) is 0.188. The van der Waals surface area contributed by atoms with Crippen LogP contribution < -0.4 is 5.32 Å². The number of nitrogens with zero attached hydrogens (tertiary/aromatic N) is 1. The quantitative estimate of drug-likeness (QED) is 0.770. The van der Waals surface area contributed by atoms with Crippen LogP contribution >= 0.6 is 11.6 Å². The Hall–Kier alpha value is -2.00. The van der Waals surface area contributed by atoms with Crippen molar-refractivity contribution in [3.63, 3.8) is 0 Å². The summed E-state index contributed by atoms with van der Waals surface area (Å²) in [6.45, 7) is 2.86. The van der Waals surface area contributed by atoms with Gasteiger partial charge >= 0.3 is 0 Å². The highest BCUT2D eigenvalue weighted by molar-refractivity contribution is 6.31. The highest BCUT2D eigenvalue weighted by Gasteiger charge is 2.05. The van der Waals surface area contributed by atoms with E-state index in [2.05, 4.69) is 41.5 Å². The minimum absolute atomic E-state index is 0.665. The van der Waals surface area contributed by atoms with Gasteiger partial charge in [0, 0.05) is 29.7 Å². The SMILES string of the molecule is Cc1ccc(NCCc2nc3ccc(Cl)cc3o2)cc1. The fourth-order valence-electron chi connectivity index (χ4n) is 2.04. The number of rotatable bonds is 4. The van der Waals surface area contributed by atoms with Crippen LogP contribution in [-0.4, -0.2) is 11.5 Å². The number of nitrogens with one attached hydrogen (secondary N) is 1. The van der Waals surface area contributed by atoms with E-state index in [-0.39, 0.29) is 0 Å². The Morgan fingerprint density at radius 2 is 1.95 bits per heavy atom. The third kappa shape index (κ3) is 2.94. The summed E-state index contributed by atoms with van der Waals surface area (Å²) in [5, 5.41) is 4.01. The molecule has 3 rings (SSSR count). The minimum atomic E-state index is 0.665. The monoisotopic (exact) mass is 286 g/mol. The number of hydrogen-bond donors (Lipinski definition) is 1. The van der Waals surface area contributed by atoms with Crippen molar-refractivity contribution in [1.29, 1.82) is 0 Å². The molecule has 4 heteroatoms. The van der Waals surface area contributed by atoms with Gasteiger partial charge < -0.3 is 9.73 Å². The smallest absolute Gasteiger partial charge is 0.197 e. The largest absolute Gasteiger partial charge is 0.441 e. The van der Waals surface area contributed by atoms with Crippen LogP contribution in [0, 0.1) is 6.92 Å². The molecule has 0 saturated carbocycles. The van der Waals surface area contributed by atoms with Gasteiger partial charge in [0.05, 0.1) is 0 Å². The molecule has 0 spiro atoms. The van der Waals surface area contributed by atoms with Crippen LogP contribution in [0.3, 0.4) is 0 Å². The van der Waals surface area contributed by atoms with Crippen LogP contribution in [0.1, 0.15) is 11.5 Å². The van der Waals surface area contributed by atoms with Crippen molar-refractivity contribution in [2.24, 2.45) is 0 Å². The normalized spacial score (nSPS) is 10.9. The van der Waals surface area contributed by atoms with E-state index in [1.54, 1.807) is 6.07 Å². The average Bonchev–Trinajstić information content (AvgIpc) is 2.83. The van der Waals surface area contributed by atoms with Gasteiger partial charge in [0.25, 0.3) is 0 Å². The van der Waals surface area contributed by atoms with E-state index >= 15 is 0 Å². The zero-order chi connectivity index (χ0) is 13.9. The van der Waals surface area contributed by atoms with Crippen molar-refractivity contribution >= 4 is 28.4 Å². The molecule has 0 amide bonds. The Morgan fingerprint density at radius 3 is 2.75 bits per heavy atom. The molecule has 102 valence electrons. The molecule has 3 nitrogen and oxygen atoms in total. The summed E-state index contributed by atoms with van der Waals surface area (Å²) in [4.78, 5) is 4.43. The number of halogens is 1. The molecular weight excluding hydrogens is 272 g/mol. The van der Waals surface area contributed by atoms with Crippen molar-refractivity contribution < 1.29 is 4.42 Å². The fourth-order valence-corrected chi connectivity index (χ4v) is 2.20. The Bertz CT molecular complexity index is 719. The Morgan fingerprint density at radius 1 is 1.15 bits per heavy atom. The summed E-state index contributed by atoms with van der Waals surface area (Å²) < 4.78 is 5.67. The van der Waals surface area contributed by atoms with Crippen LogP contribution in [0.5, 0.6) is 0 Å². The molecule has 1 heterocycles. The van der Waals surface area contributed by atoms with Crippen LogP contribution in [0.2, 0.25) is 5.02 Å². The average molecular weight is 287 g/mol. The van der Waals surface area contributed by atoms with Gasteiger partial charge in [-0.25, -0.2) is 4.98 Å². The van der Waals surface area contributed by atoms with E-state index in [0.29, 0.717) is 5.02 Å². The van der Waals surface area contributed by atoms with Gasteiger partial charge in [0.2, 0.25) is 0 Å². The molecule has 0 fully saturated rings. The van der Waals surface area contributed by atoms with Gasteiger partial charge in [-0.2, -0.15) is 0 Å². The molecule has 0 aliphatic rings. The highest BCUT2D eigenvalue weighted by atomic mass is 35.5. The maximum atomic E-state index is 5.92. The zero-order valence-electron chi connectivity index (χ0n) is 11.2. The maximum absolute atomic E-state index is 5.92. The lowest BCUT2D eigenvalue weighted by Gasteiger charge is -2.04. The summed E-state index contributed by atoms with van der Waals surface area (Å²) in [5.41, 5.74) is 3.95. The molecule has 1 N–H and O–H groups in total. The van der Waals surface area contributed by atoms with Crippen LogP contribution in [0.15, 0.2) is 46.9 Å². The first-order valence-electron chi connectivity index (χ1n) is 6.56. The summed E-state index contributed by atoms with van der Waals surface area (Å²) >= 11 is 5.92. The second kappa shape index (κ2) is 5.55. The lowest BCUT2D eigenvalue weighted by Crippen LogP contribution is -2.04. The zero-order valence-corrected chi connectivity index (χ0v) is 11.9. The Labute approximate surface area is 122 Å². The van der Waals surface area contributed by atoms with Crippen LogP contribution in [0.25, 0.3) is 11.1 Å². The molecule has 0 radical (unpaired) electrons. The van der Waals surface area contributed by atoms with Crippen molar-refractivity contribution in [1.82, 2.24) is 4.98 Å². The number of fused-ring (bicyclic) bond motifs is 1. The van der Waals surface area contributed by atoms with Crippen molar-refractivity contribution in [3.05, 3.63) is 58.9 Å². The lowest BCUT2D eigenvalue weighted by atomic mass is 10.2. The molecule has 0 aliphatic carbocycles. The second-order valence-corrected chi connectivity index (χ2v) is 5.20. The predicted molar refractivity (Wildman–Crippen MR) is 82.4 cm³/mol. The first kappa shape index (κ1) is 13.0. The van der Waals surface area contributed by atoms with Crippen LogP contribution in [0.4, 0.5) is 5.69 Å². The molecule has 0 aliphatic heterocycles. The van der Waals surface area contributed by atoms with Gasteiger partial charge in [0.1, 0.15) is 5.52 Å². The van der Waals surface area contributed by atoms with Crippen molar-refractivity contribution in [3.8, 4) is 0 Å². The van der Waals surface area contributed by atoms with E-state index in [1.807, 2.05) is 12.1 Å². The number of anilines is 1. The molecule has 1 aromatic heterocycles. The third-order valence-corrected chi connectivity index (χ3v) is 3.35. The molecule has 0 atom stereocenters. The molecule has 0 bridgehead atoms. The van der Waals surface area contributed by atoms with Crippen LogP contribution in [-0.2, 0) is 6.42 Å². The Balaban J connectivity index is 1.63. The summed E-state index contributed by atoms with van der Waals surface area (Å²) in [7, 11) is 0. The number of hydrogen-bond acceptors (Lipinski definition) is 3. The number of aromatic nitrogens is 1. The topological polar surface area (TPSA) is 38.1 Å². The van der Waals surface area contributed by atoms with Crippen molar-refractivity contribution in [2.45, 2.75) is 13.3 Å². The minimum Gasteiger partial charge on any atom is -0.441 e. The van der Waals surface area contributed by atoms with E-state index in [1.165, 1.54) is 5.56 Å². The predicted octanol–water partition coefficient (Wildman–Crippen LogP) is 4.44.